The predicted molar refractivity (Wildman–Crippen MR) is 77.8 cm³/mol. The van der Waals surface area contributed by atoms with Crippen LogP contribution in [0.1, 0.15) is 59.3 Å². The van der Waals surface area contributed by atoms with E-state index in [-0.39, 0.29) is 0 Å². The van der Waals surface area contributed by atoms with E-state index in [1.165, 1.54) is 43.7 Å². The van der Waals surface area contributed by atoms with Gasteiger partial charge < -0.3 is 5.32 Å². The lowest BCUT2D eigenvalue weighted by molar-refractivity contribution is 0.434. The van der Waals surface area contributed by atoms with Crippen LogP contribution in [0.25, 0.3) is 0 Å². The standard InChI is InChI=1S/C14H26N2S/c1-4-11(5-2)12-10-15-13(17-12)16-14(3)8-6-7-9-14/h11-12H,4-10H2,1-3H3,(H,15,16). The van der Waals surface area contributed by atoms with Crippen molar-refractivity contribution in [3.8, 4) is 0 Å². The third kappa shape index (κ3) is 3.18. The van der Waals surface area contributed by atoms with Crippen molar-refractivity contribution in [3.05, 3.63) is 0 Å². The number of hydrogen-bond donors (Lipinski definition) is 1. The highest BCUT2D eigenvalue weighted by molar-refractivity contribution is 8.14. The van der Waals surface area contributed by atoms with Gasteiger partial charge in [-0.3, -0.25) is 4.99 Å². The van der Waals surface area contributed by atoms with E-state index in [2.05, 4.69) is 26.1 Å². The molecule has 17 heavy (non-hydrogen) atoms. The van der Waals surface area contributed by atoms with Crippen molar-refractivity contribution in [1.29, 1.82) is 0 Å². The number of aliphatic imine (C=N–C) groups is 1. The second kappa shape index (κ2) is 5.64. The van der Waals surface area contributed by atoms with Crippen LogP contribution in [0, 0.1) is 5.92 Å². The van der Waals surface area contributed by atoms with Gasteiger partial charge in [0.1, 0.15) is 0 Å². The molecule has 0 saturated heterocycles. The van der Waals surface area contributed by atoms with Crippen molar-refractivity contribution >= 4 is 16.9 Å². The minimum atomic E-state index is 0.328. The monoisotopic (exact) mass is 254 g/mol. The fourth-order valence-corrected chi connectivity index (χ4v) is 4.53. The average Bonchev–Trinajstić information content (AvgIpc) is 2.91. The first-order valence-electron chi connectivity index (χ1n) is 7.16. The van der Waals surface area contributed by atoms with Gasteiger partial charge in [-0.15, -0.1) is 0 Å². The molecule has 2 nitrogen and oxygen atoms in total. The highest BCUT2D eigenvalue weighted by Gasteiger charge is 2.33. The largest absolute Gasteiger partial charge is 0.360 e. The average molecular weight is 254 g/mol. The van der Waals surface area contributed by atoms with E-state index in [0.29, 0.717) is 5.54 Å². The molecule has 1 aliphatic carbocycles. The molecule has 0 amide bonds. The van der Waals surface area contributed by atoms with Gasteiger partial charge in [-0.25, -0.2) is 0 Å². The fraction of sp³-hybridized carbons (Fsp3) is 0.929. The molecule has 2 rings (SSSR count). The fourth-order valence-electron chi connectivity index (χ4n) is 3.06. The molecule has 0 aromatic rings. The molecule has 3 heteroatoms. The maximum absolute atomic E-state index is 4.71. The first-order valence-corrected chi connectivity index (χ1v) is 8.04. The van der Waals surface area contributed by atoms with Gasteiger partial charge in [-0.2, -0.15) is 0 Å². The summed E-state index contributed by atoms with van der Waals surface area (Å²) in [6.45, 7) is 7.99. The summed E-state index contributed by atoms with van der Waals surface area (Å²) in [4.78, 5) is 4.71. The smallest absolute Gasteiger partial charge is 0.157 e. The summed E-state index contributed by atoms with van der Waals surface area (Å²) in [6.07, 6.45) is 7.93. The van der Waals surface area contributed by atoms with E-state index in [1.54, 1.807) is 0 Å². The number of rotatable bonds is 4. The van der Waals surface area contributed by atoms with Crippen LogP contribution >= 0.6 is 11.8 Å². The van der Waals surface area contributed by atoms with Crippen molar-refractivity contribution in [1.82, 2.24) is 5.32 Å². The molecule has 0 radical (unpaired) electrons. The zero-order chi connectivity index (χ0) is 12.3. The minimum absolute atomic E-state index is 0.328. The molecule has 0 spiro atoms. The molecule has 1 fully saturated rings. The van der Waals surface area contributed by atoms with Gasteiger partial charge >= 0.3 is 0 Å². The Labute approximate surface area is 110 Å². The third-order valence-corrected chi connectivity index (χ3v) is 5.66. The Balaban J connectivity index is 1.85. The van der Waals surface area contributed by atoms with Crippen molar-refractivity contribution in [2.45, 2.75) is 70.1 Å². The number of amidine groups is 1. The summed E-state index contributed by atoms with van der Waals surface area (Å²) in [5.74, 6) is 0.833. The molecule has 2 aliphatic rings. The van der Waals surface area contributed by atoms with E-state index in [9.17, 15) is 0 Å². The van der Waals surface area contributed by atoms with Crippen LogP contribution in [-0.4, -0.2) is 22.5 Å². The maximum Gasteiger partial charge on any atom is 0.157 e. The zero-order valence-electron chi connectivity index (χ0n) is 11.5. The van der Waals surface area contributed by atoms with Gasteiger partial charge in [0, 0.05) is 10.8 Å². The second-order valence-corrected chi connectivity index (χ2v) is 7.00. The molecule has 1 N–H and O–H groups in total. The lowest BCUT2D eigenvalue weighted by atomic mass is 9.99. The number of nitrogens with zero attached hydrogens (tertiary/aromatic N) is 1. The summed E-state index contributed by atoms with van der Waals surface area (Å²) < 4.78 is 0. The highest BCUT2D eigenvalue weighted by atomic mass is 32.2. The lowest BCUT2D eigenvalue weighted by Crippen LogP contribution is -2.42. The first-order chi connectivity index (χ1) is 8.17. The topological polar surface area (TPSA) is 24.4 Å². The molecular weight excluding hydrogens is 228 g/mol. The SMILES string of the molecule is CCC(CC)C1CN=C(NC2(C)CCCC2)S1. The highest BCUT2D eigenvalue weighted by Crippen LogP contribution is 2.34. The van der Waals surface area contributed by atoms with Crippen molar-refractivity contribution in [2.75, 3.05) is 6.54 Å². The van der Waals surface area contributed by atoms with Crippen LogP contribution in [0.15, 0.2) is 4.99 Å². The Morgan fingerprint density at radius 2 is 2.00 bits per heavy atom. The van der Waals surface area contributed by atoms with Gasteiger partial charge in [0.15, 0.2) is 5.17 Å². The van der Waals surface area contributed by atoms with Crippen LogP contribution in [0.3, 0.4) is 0 Å². The molecule has 1 saturated carbocycles. The van der Waals surface area contributed by atoms with E-state index < -0.39 is 0 Å². The summed E-state index contributed by atoms with van der Waals surface area (Å²) in [5, 5.41) is 5.63. The van der Waals surface area contributed by atoms with Crippen LogP contribution in [0.4, 0.5) is 0 Å². The molecule has 1 heterocycles. The molecule has 1 atom stereocenters. The van der Waals surface area contributed by atoms with Crippen LogP contribution < -0.4 is 5.32 Å². The summed E-state index contributed by atoms with van der Waals surface area (Å²) in [5.41, 5.74) is 0.328. The Kier molecular flexibility index (Phi) is 4.40. The van der Waals surface area contributed by atoms with Crippen molar-refractivity contribution in [2.24, 2.45) is 10.9 Å². The van der Waals surface area contributed by atoms with Gasteiger partial charge in [-0.05, 0) is 25.7 Å². The minimum Gasteiger partial charge on any atom is -0.360 e. The van der Waals surface area contributed by atoms with Crippen LogP contribution in [0.5, 0.6) is 0 Å². The van der Waals surface area contributed by atoms with Gasteiger partial charge in [0.05, 0.1) is 6.54 Å². The summed E-state index contributed by atoms with van der Waals surface area (Å²) >= 11 is 1.99. The zero-order valence-corrected chi connectivity index (χ0v) is 12.3. The number of thioether (sulfide) groups is 1. The molecule has 0 aromatic heterocycles. The molecule has 1 unspecified atom stereocenters. The normalized spacial score (nSPS) is 27.5. The number of hydrogen-bond acceptors (Lipinski definition) is 3. The van der Waals surface area contributed by atoms with Crippen molar-refractivity contribution in [3.63, 3.8) is 0 Å². The quantitative estimate of drug-likeness (QED) is 0.825. The third-order valence-electron chi connectivity index (χ3n) is 4.37. The Morgan fingerprint density at radius 1 is 1.35 bits per heavy atom. The molecule has 98 valence electrons. The van der Waals surface area contributed by atoms with Gasteiger partial charge in [-0.1, -0.05) is 51.3 Å². The van der Waals surface area contributed by atoms with Crippen LogP contribution in [-0.2, 0) is 0 Å². The number of nitrogens with one attached hydrogen (secondary N) is 1. The Morgan fingerprint density at radius 3 is 2.59 bits per heavy atom. The van der Waals surface area contributed by atoms with E-state index >= 15 is 0 Å². The summed E-state index contributed by atoms with van der Waals surface area (Å²) in [7, 11) is 0. The molecular formula is C14H26N2S. The van der Waals surface area contributed by atoms with E-state index in [4.69, 9.17) is 4.99 Å². The second-order valence-electron chi connectivity index (χ2n) is 5.77. The molecule has 0 bridgehead atoms. The van der Waals surface area contributed by atoms with Crippen molar-refractivity contribution < 1.29 is 0 Å². The van der Waals surface area contributed by atoms with Gasteiger partial charge in [0.25, 0.3) is 0 Å². The molecule has 0 aromatic carbocycles. The van der Waals surface area contributed by atoms with E-state index in [0.717, 1.165) is 17.7 Å². The predicted octanol–water partition coefficient (Wildman–Crippen LogP) is 3.82. The van der Waals surface area contributed by atoms with Crippen LogP contribution in [0.2, 0.25) is 0 Å². The summed E-state index contributed by atoms with van der Waals surface area (Å²) in [6, 6.07) is 0. The van der Waals surface area contributed by atoms with E-state index in [1.807, 2.05) is 11.8 Å². The first kappa shape index (κ1) is 13.3. The lowest BCUT2D eigenvalue weighted by Gasteiger charge is -2.27. The Hall–Kier alpha value is -0.180. The maximum atomic E-state index is 4.71. The Bertz CT molecular complexity index is 278. The van der Waals surface area contributed by atoms with Gasteiger partial charge in [0.2, 0.25) is 0 Å². The molecule has 1 aliphatic heterocycles.